The summed E-state index contributed by atoms with van der Waals surface area (Å²) in [5.41, 5.74) is 0. The highest BCUT2D eigenvalue weighted by molar-refractivity contribution is 8.00. The summed E-state index contributed by atoms with van der Waals surface area (Å²) < 4.78 is 0. The van der Waals surface area contributed by atoms with E-state index in [4.69, 9.17) is 0 Å². The zero-order chi connectivity index (χ0) is 7.52. The van der Waals surface area contributed by atoms with Crippen LogP contribution < -0.4 is 10.1 Å². The highest BCUT2D eigenvalue weighted by Gasteiger charge is 2.16. The highest BCUT2D eigenvalue weighted by atomic mass is 32.2. The molecular weight excluding hydrogens is 160 g/mol. The third kappa shape index (κ3) is 1.67. The maximum Gasteiger partial charge on any atom is 0.0429 e. The first-order valence-corrected chi connectivity index (χ1v) is 4.67. The predicted octanol–water partition coefficient (Wildman–Crippen LogP) is -0.254. The summed E-state index contributed by atoms with van der Waals surface area (Å²) in [6.45, 7) is 4.32. The Morgan fingerprint density at radius 1 is 1.27 bits per heavy atom. The van der Waals surface area contributed by atoms with Crippen LogP contribution in [0.15, 0.2) is 11.6 Å². The van der Waals surface area contributed by atoms with Crippen molar-refractivity contribution in [1.82, 2.24) is 20.3 Å². The first-order valence-electron chi connectivity index (χ1n) is 3.79. The first-order chi connectivity index (χ1) is 5.47. The molecule has 4 nitrogen and oxygen atoms in total. The van der Waals surface area contributed by atoms with Crippen molar-refractivity contribution in [3.05, 3.63) is 11.6 Å². The van der Waals surface area contributed by atoms with Crippen molar-refractivity contribution in [2.75, 3.05) is 26.2 Å². The Labute approximate surface area is 70.7 Å². The summed E-state index contributed by atoms with van der Waals surface area (Å²) >= 11 is 1.61. The number of rotatable bonds is 1. The fraction of sp³-hybridized carbons (Fsp3) is 0.667. The van der Waals surface area contributed by atoms with E-state index in [0.717, 1.165) is 26.2 Å². The van der Waals surface area contributed by atoms with Crippen LogP contribution in [0.5, 0.6) is 0 Å². The van der Waals surface area contributed by atoms with Gasteiger partial charge in [-0.15, -0.1) is 0 Å². The average Bonchev–Trinajstić information content (AvgIpc) is 2.58. The zero-order valence-corrected chi connectivity index (χ0v) is 7.10. The molecule has 62 valence electrons. The molecule has 0 aromatic rings. The molecule has 0 aliphatic carbocycles. The van der Waals surface area contributed by atoms with Gasteiger partial charge in [0.05, 0.1) is 0 Å². The van der Waals surface area contributed by atoms with Crippen molar-refractivity contribution in [3.63, 3.8) is 0 Å². The normalized spacial score (nSPS) is 26.4. The van der Waals surface area contributed by atoms with E-state index < -0.39 is 0 Å². The molecule has 2 rings (SSSR count). The largest absolute Gasteiger partial charge is 0.314 e. The van der Waals surface area contributed by atoms with Crippen LogP contribution in [0.3, 0.4) is 0 Å². The zero-order valence-electron chi connectivity index (χ0n) is 6.29. The molecular formula is C6H12N4S. The Bertz CT molecular complexity index is 155. The number of piperazine rings is 1. The van der Waals surface area contributed by atoms with Gasteiger partial charge >= 0.3 is 0 Å². The molecule has 0 atom stereocenters. The molecule has 0 bridgehead atoms. The van der Waals surface area contributed by atoms with Crippen LogP contribution in [0.2, 0.25) is 0 Å². The van der Waals surface area contributed by atoms with Gasteiger partial charge in [0.15, 0.2) is 0 Å². The molecule has 2 aliphatic rings. The van der Waals surface area contributed by atoms with Crippen molar-refractivity contribution in [1.29, 1.82) is 0 Å². The molecule has 0 saturated carbocycles. The number of nitrogens with one attached hydrogen (secondary N) is 2. The second-order valence-electron chi connectivity index (χ2n) is 2.54. The molecule has 2 N–H and O–H groups in total. The summed E-state index contributed by atoms with van der Waals surface area (Å²) in [5.74, 6) is 0. The molecule has 1 saturated heterocycles. The van der Waals surface area contributed by atoms with Crippen LogP contribution in [0.1, 0.15) is 0 Å². The van der Waals surface area contributed by atoms with Crippen molar-refractivity contribution >= 4 is 11.9 Å². The Kier molecular flexibility index (Phi) is 2.32. The lowest BCUT2D eigenvalue weighted by Crippen LogP contribution is -2.52. The fourth-order valence-electron chi connectivity index (χ4n) is 1.22. The van der Waals surface area contributed by atoms with E-state index in [1.54, 1.807) is 11.9 Å². The van der Waals surface area contributed by atoms with Crippen LogP contribution >= 0.6 is 11.9 Å². The maximum atomic E-state index is 3.31. The lowest BCUT2D eigenvalue weighted by Gasteiger charge is -2.33. The van der Waals surface area contributed by atoms with Gasteiger partial charge in [-0.05, 0) is 11.9 Å². The van der Waals surface area contributed by atoms with Crippen LogP contribution in [-0.4, -0.2) is 36.3 Å². The van der Waals surface area contributed by atoms with Gasteiger partial charge in [0.1, 0.15) is 0 Å². The van der Waals surface area contributed by atoms with E-state index in [1.165, 1.54) is 0 Å². The smallest absolute Gasteiger partial charge is 0.0429 e. The second-order valence-corrected chi connectivity index (χ2v) is 3.23. The van der Waals surface area contributed by atoms with Gasteiger partial charge in [-0.1, -0.05) is 0 Å². The van der Waals surface area contributed by atoms with Crippen molar-refractivity contribution in [3.8, 4) is 0 Å². The minimum Gasteiger partial charge on any atom is -0.314 e. The van der Waals surface area contributed by atoms with Crippen molar-refractivity contribution < 1.29 is 0 Å². The summed E-state index contributed by atoms with van der Waals surface area (Å²) in [5, 5.41) is 9.69. The Morgan fingerprint density at radius 3 is 2.73 bits per heavy atom. The molecule has 0 aromatic heterocycles. The van der Waals surface area contributed by atoms with Gasteiger partial charge in [0, 0.05) is 37.8 Å². The Hall–Kier alpha value is -0.230. The summed E-state index contributed by atoms with van der Waals surface area (Å²) in [4.78, 5) is 3.16. The van der Waals surface area contributed by atoms with E-state index in [-0.39, 0.29) is 0 Å². The third-order valence-electron chi connectivity index (χ3n) is 1.81. The molecule has 0 unspecified atom stereocenters. The maximum absolute atomic E-state index is 3.31. The molecule has 0 aromatic carbocycles. The molecule has 2 aliphatic heterocycles. The van der Waals surface area contributed by atoms with Gasteiger partial charge in [-0.3, -0.25) is 0 Å². The van der Waals surface area contributed by atoms with E-state index in [0.29, 0.717) is 0 Å². The van der Waals surface area contributed by atoms with Gasteiger partial charge in [0.2, 0.25) is 0 Å². The number of nitrogens with zero attached hydrogens (tertiary/aromatic N) is 2. The number of hydrogen-bond donors (Lipinski definition) is 2. The standard InChI is InChI=1S/C6H12N4S/c1-3-9(4-2-7-1)10-5-6-11-8-10/h5-8H,1-4H2. The SMILES string of the molecule is C1=CN(N2CCNCC2)NS1. The molecule has 0 radical (unpaired) electrons. The Morgan fingerprint density at radius 2 is 2.09 bits per heavy atom. The summed E-state index contributed by atoms with van der Waals surface area (Å²) in [6, 6.07) is 0. The minimum absolute atomic E-state index is 1.08. The molecule has 2 heterocycles. The van der Waals surface area contributed by atoms with Gasteiger partial charge in [-0.25, -0.2) is 10.1 Å². The van der Waals surface area contributed by atoms with Crippen LogP contribution in [-0.2, 0) is 0 Å². The lowest BCUT2D eigenvalue weighted by molar-refractivity contribution is -0.00312. The molecule has 0 spiro atoms. The van der Waals surface area contributed by atoms with Gasteiger partial charge in [-0.2, -0.15) is 4.83 Å². The third-order valence-corrected chi connectivity index (χ3v) is 2.36. The average molecular weight is 172 g/mol. The molecule has 0 amide bonds. The highest BCUT2D eigenvalue weighted by Crippen LogP contribution is 2.11. The molecule has 1 fully saturated rings. The second kappa shape index (κ2) is 3.44. The van der Waals surface area contributed by atoms with Gasteiger partial charge < -0.3 is 5.32 Å². The van der Waals surface area contributed by atoms with Gasteiger partial charge in [0.25, 0.3) is 0 Å². The Balaban J connectivity index is 1.87. The number of hydrazine groups is 2. The van der Waals surface area contributed by atoms with E-state index in [1.807, 2.05) is 10.5 Å². The summed E-state index contributed by atoms with van der Waals surface area (Å²) in [7, 11) is 0. The molecule has 5 heteroatoms. The number of hydrogen-bond acceptors (Lipinski definition) is 5. The van der Waals surface area contributed by atoms with Crippen LogP contribution in [0, 0.1) is 0 Å². The summed E-state index contributed by atoms with van der Waals surface area (Å²) in [6.07, 6.45) is 2.05. The predicted molar refractivity (Wildman–Crippen MR) is 46.1 cm³/mol. The van der Waals surface area contributed by atoms with Crippen LogP contribution in [0.25, 0.3) is 0 Å². The fourth-order valence-corrected chi connectivity index (χ4v) is 1.74. The quantitative estimate of drug-likeness (QED) is 0.532. The van der Waals surface area contributed by atoms with E-state index in [2.05, 4.69) is 21.4 Å². The van der Waals surface area contributed by atoms with Crippen LogP contribution in [0.4, 0.5) is 0 Å². The van der Waals surface area contributed by atoms with Crippen molar-refractivity contribution in [2.45, 2.75) is 0 Å². The van der Waals surface area contributed by atoms with E-state index in [9.17, 15) is 0 Å². The van der Waals surface area contributed by atoms with E-state index >= 15 is 0 Å². The van der Waals surface area contributed by atoms with Crippen molar-refractivity contribution in [2.24, 2.45) is 0 Å². The topological polar surface area (TPSA) is 30.5 Å². The first kappa shape index (κ1) is 7.42. The lowest BCUT2D eigenvalue weighted by atomic mass is 10.4. The molecule has 11 heavy (non-hydrogen) atoms. The minimum atomic E-state index is 1.08. The monoisotopic (exact) mass is 172 g/mol.